The molecule has 12 rings (SSSR count). The quantitative estimate of drug-likeness (QED) is 0.159. The molecule has 8 aromatic rings. The van der Waals surface area contributed by atoms with E-state index in [0.29, 0.717) is 0 Å². The van der Waals surface area contributed by atoms with E-state index in [9.17, 15) is 0 Å². The van der Waals surface area contributed by atoms with E-state index >= 15 is 0 Å². The molecule has 0 saturated heterocycles. The van der Waals surface area contributed by atoms with Crippen molar-refractivity contribution in [2.75, 3.05) is 14.7 Å². The van der Waals surface area contributed by atoms with Gasteiger partial charge in [-0.25, -0.2) is 0 Å². The molecule has 3 nitrogen and oxygen atoms in total. The normalized spacial score (nSPS) is 17.8. The number of benzene rings is 7. The fraction of sp³-hybridized carbons (Fsp3) is 0.333. The van der Waals surface area contributed by atoms with Crippen LogP contribution < -0.4 is 30.4 Å². The fourth-order valence-electron chi connectivity index (χ4n) is 13.0. The summed E-state index contributed by atoms with van der Waals surface area (Å²) in [7, 11) is 0. The second-order valence-electron chi connectivity index (χ2n) is 25.3. The van der Waals surface area contributed by atoms with Crippen LogP contribution in [0.25, 0.3) is 10.1 Å². The number of nitrogens with zero attached hydrogens (tertiary/aromatic N) is 3. The van der Waals surface area contributed by atoms with Crippen molar-refractivity contribution in [2.24, 2.45) is 0 Å². The average molecular weight is 948 g/mol. The van der Waals surface area contributed by atoms with Crippen molar-refractivity contribution < 1.29 is 0 Å². The lowest BCUT2D eigenvalue weighted by molar-refractivity contribution is 0.332. The minimum absolute atomic E-state index is 0.0134. The van der Waals surface area contributed by atoms with E-state index in [-0.39, 0.29) is 33.8 Å². The van der Waals surface area contributed by atoms with Crippen LogP contribution >= 0.6 is 11.3 Å². The third kappa shape index (κ3) is 7.18. The van der Waals surface area contributed by atoms with Crippen LogP contribution in [-0.2, 0) is 27.1 Å². The van der Waals surface area contributed by atoms with Crippen LogP contribution in [0, 0.1) is 13.8 Å². The zero-order valence-corrected chi connectivity index (χ0v) is 45.3. The first kappa shape index (κ1) is 46.1. The molecule has 7 aromatic carbocycles. The minimum Gasteiger partial charge on any atom is -0.311 e. The highest BCUT2D eigenvalue weighted by Crippen LogP contribution is 2.55. The highest BCUT2D eigenvalue weighted by atomic mass is 32.1. The number of fused-ring (bicyclic) bond motifs is 8. The smallest absolute Gasteiger partial charge is 0.264 e. The molecule has 0 atom stereocenters. The summed E-state index contributed by atoms with van der Waals surface area (Å²) in [4.78, 5) is 7.89. The Morgan fingerprint density at radius 1 is 0.507 bits per heavy atom. The molecule has 0 N–H and O–H groups in total. The molecule has 1 aromatic heterocycles. The molecule has 0 spiro atoms. The molecule has 2 aliphatic heterocycles. The molecule has 2 aliphatic carbocycles. The van der Waals surface area contributed by atoms with E-state index in [4.69, 9.17) is 0 Å². The minimum atomic E-state index is 0.0134. The SMILES string of the molecule is Cc1ccc2sc3c(c2c1)N(c1ccc(C(C)(C)C)cc1C)c1cc(N(c2ccccc2)c2ccccc2)cc2c1B3c1cc3c(cc1N2c1ccc2c(c1)C(C)(C)CCC2(C)C)C(C)(C)CCC3(C)C. The maximum Gasteiger partial charge on any atom is 0.264 e. The van der Waals surface area contributed by atoms with Gasteiger partial charge in [-0.05, 0) is 184 Å². The average Bonchev–Trinajstić information content (AvgIpc) is 3.70. The van der Waals surface area contributed by atoms with Crippen molar-refractivity contribution in [1.82, 2.24) is 0 Å². The van der Waals surface area contributed by atoms with Gasteiger partial charge >= 0.3 is 0 Å². The number of aryl methyl sites for hydroxylation is 2. The van der Waals surface area contributed by atoms with Gasteiger partial charge in [0.2, 0.25) is 0 Å². The standard InChI is InChI=1S/C66H70BN3S/c1-41-24-29-58-48(34-41)60-61(71-58)67-53-39-51-52(66(12,13)33-32-65(51,10)11)40-55(53)69(46-26-27-49-50(36-46)64(8,9)31-30-63(49,6)7)56-37-47(68(44-20-16-14-17-21-44)45-22-18-15-19-23-45)38-57(59(56)67)70(60)54-28-25-43(35-42(54)2)62(3,4)5/h14-29,34-40H,30-33H2,1-13H3. The van der Waals surface area contributed by atoms with Gasteiger partial charge in [0.1, 0.15) is 0 Å². The van der Waals surface area contributed by atoms with E-state index in [2.05, 4.69) is 244 Å². The second kappa shape index (κ2) is 15.7. The van der Waals surface area contributed by atoms with Gasteiger partial charge in [0, 0.05) is 54.7 Å². The predicted molar refractivity (Wildman–Crippen MR) is 309 cm³/mol. The van der Waals surface area contributed by atoms with E-state index in [0.717, 1.165) is 29.9 Å². The number of rotatable bonds is 5. The molecule has 0 fully saturated rings. The molecular formula is C66H70BN3S. The van der Waals surface area contributed by atoms with Crippen LogP contribution in [0.15, 0.2) is 140 Å². The Bertz CT molecular complexity index is 3420. The molecular weight excluding hydrogens is 878 g/mol. The Labute approximate surface area is 428 Å². The van der Waals surface area contributed by atoms with E-state index in [1.807, 2.05) is 11.3 Å². The van der Waals surface area contributed by atoms with Crippen molar-refractivity contribution in [3.8, 4) is 0 Å². The van der Waals surface area contributed by atoms with Gasteiger partial charge in [-0.3, -0.25) is 0 Å². The summed E-state index contributed by atoms with van der Waals surface area (Å²) in [5, 5.41) is 1.33. The van der Waals surface area contributed by atoms with Gasteiger partial charge in [0.15, 0.2) is 0 Å². The van der Waals surface area contributed by atoms with Crippen molar-refractivity contribution in [3.05, 3.63) is 178 Å². The topological polar surface area (TPSA) is 9.72 Å². The summed E-state index contributed by atoms with van der Waals surface area (Å²) < 4.78 is 2.76. The van der Waals surface area contributed by atoms with Crippen molar-refractivity contribution in [1.29, 1.82) is 0 Å². The third-order valence-electron chi connectivity index (χ3n) is 17.5. The van der Waals surface area contributed by atoms with Crippen LogP contribution in [0.5, 0.6) is 0 Å². The number of para-hydroxylation sites is 2. The predicted octanol–water partition coefficient (Wildman–Crippen LogP) is 17.1. The Balaban J connectivity index is 1.26. The molecule has 5 heteroatoms. The Kier molecular flexibility index (Phi) is 10.2. The van der Waals surface area contributed by atoms with Gasteiger partial charge in [-0.1, -0.05) is 148 Å². The van der Waals surface area contributed by atoms with Crippen LogP contribution in [0.3, 0.4) is 0 Å². The van der Waals surface area contributed by atoms with Crippen molar-refractivity contribution >= 4 is 95.0 Å². The molecule has 0 unspecified atom stereocenters. The van der Waals surface area contributed by atoms with Crippen LogP contribution in [0.2, 0.25) is 0 Å². The first-order chi connectivity index (χ1) is 33.6. The van der Waals surface area contributed by atoms with Crippen LogP contribution in [-0.4, -0.2) is 6.71 Å². The monoisotopic (exact) mass is 948 g/mol. The van der Waals surface area contributed by atoms with E-state index < -0.39 is 0 Å². The Morgan fingerprint density at radius 3 is 1.66 bits per heavy atom. The lowest BCUT2D eigenvalue weighted by Gasteiger charge is -2.48. The van der Waals surface area contributed by atoms with Crippen molar-refractivity contribution in [3.63, 3.8) is 0 Å². The zero-order valence-electron chi connectivity index (χ0n) is 44.4. The summed E-state index contributed by atoms with van der Waals surface area (Å²) in [5.74, 6) is 0. The molecule has 4 aliphatic rings. The van der Waals surface area contributed by atoms with Gasteiger partial charge in [-0.2, -0.15) is 0 Å². The van der Waals surface area contributed by atoms with Crippen LogP contribution in [0.4, 0.5) is 51.2 Å². The van der Waals surface area contributed by atoms with E-state index in [1.165, 1.54) is 112 Å². The first-order valence-corrected chi connectivity index (χ1v) is 27.1. The molecule has 358 valence electrons. The molecule has 0 radical (unpaired) electrons. The number of hydrogen-bond donors (Lipinski definition) is 0. The summed E-state index contributed by atoms with van der Waals surface area (Å²) in [6.07, 6.45) is 4.68. The highest BCUT2D eigenvalue weighted by Gasteiger charge is 2.49. The van der Waals surface area contributed by atoms with Gasteiger partial charge in [0.05, 0.1) is 11.4 Å². The van der Waals surface area contributed by atoms with Crippen molar-refractivity contribution in [2.45, 2.75) is 143 Å². The zero-order chi connectivity index (χ0) is 49.7. The van der Waals surface area contributed by atoms with Gasteiger partial charge in [-0.15, -0.1) is 11.3 Å². The van der Waals surface area contributed by atoms with E-state index in [1.54, 1.807) is 0 Å². The Hall–Kier alpha value is -6.04. The molecule has 3 heterocycles. The maximum atomic E-state index is 2.72. The maximum absolute atomic E-state index is 2.72. The summed E-state index contributed by atoms with van der Waals surface area (Å²) >= 11 is 2.01. The molecule has 0 saturated carbocycles. The van der Waals surface area contributed by atoms with Crippen LogP contribution in [0.1, 0.15) is 141 Å². The molecule has 71 heavy (non-hydrogen) atoms. The molecule has 0 amide bonds. The number of hydrogen-bond acceptors (Lipinski definition) is 4. The first-order valence-electron chi connectivity index (χ1n) is 26.3. The summed E-state index contributed by atoms with van der Waals surface area (Å²) in [6.45, 7) is 31.4. The number of anilines is 9. The van der Waals surface area contributed by atoms with Gasteiger partial charge in [0.25, 0.3) is 6.71 Å². The Morgan fingerprint density at radius 2 is 1.07 bits per heavy atom. The lowest BCUT2D eigenvalue weighted by Crippen LogP contribution is -2.61. The summed E-state index contributed by atoms with van der Waals surface area (Å²) in [6, 6.07) is 54.4. The van der Waals surface area contributed by atoms with Gasteiger partial charge < -0.3 is 14.7 Å². The highest BCUT2D eigenvalue weighted by molar-refractivity contribution is 7.33. The number of thiophene rings is 1. The molecule has 0 bridgehead atoms. The third-order valence-corrected chi connectivity index (χ3v) is 18.7. The second-order valence-corrected chi connectivity index (χ2v) is 26.4. The summed E-state index contributed by atoms with van der Waals surface area (Å²) in [5.41, 5.74) is 23.9. The fourth-order valence-corrected chi connectivity index (χ4v) is 14.3. The lowest BCUT2D eigenvalue weighted by atomic mass is 9.35. The largest absolute Gasteiger partial charge is 0.311 e.